The van der Waals surface area contributed by atoms with Crippen LogP contribution < -0.4 is 11.1 Å². The zero-order chi connectivity index (χ0) is 19.2. The van der Waals surface area contributed by atoms with Crippen LogP contribution >= 0.6 is 11.8 Å². The van der Waals surface area contributed by atoms with Crippen LogP contribution in [-0.2, 0) is 29.5 Å². The topological polar surface area (TPSA) is 119 Å². The van der Waals surface area contributed by atoms with E-state index < -0.39 is 0 Å². The SMILES string of the molecule is Cn1c(CCC(N)=O)nnc1SCC(=O)NCCc1c[nH]c2ccccc12. The average Bonchev–Trinajstić information content (AvgIpc) is 3.22. The number of primary amides is 1. The Bertz CT molecular complexity index is 948. The smallest absolute Gasteiger partial charge is 0.230 e. The van der Waals surface area contributed by atoms with E-state index in [-0.39, 0.29) is 24.0 Å². The Hall–Kier alpha value is -2.81. The number of aryl methyl sites for hydroxylation is 1. The summed E-state index contributed by atoms with van der Waals surface area (Å²) in [5, 5.41) is 12.9. The van der Waals surface area contributed by atoms with E-state index in [0.717, 1.165) is 11.9 Å². The molecule has 2 amide bonds. The molecule has 2 heterocycles. The molecule has 0 saturated carbocycles. The fourth-order valence-corrected chi connectivity index (χ4v) is 3.54. The molecule has 2 aromatic heterocycles. The molecule has 142 valence electrons. The molecule has 0 aliphatic rings. The third kappa shape index (κ3) is 4.88. The molecule has 4 N–H and O–H groups in total. The Balaban J connectivity index is 1.44. The number of aromatic nitrogens is 4. The number of nitrogens with two attached hydrogens (primary N) is 1. The normalized spacial score (nSPS) is 11.0. The zero-order valence-electron chi connectivity index (χ0n) is 15.1. The summed E-state index contributed by atoms with van der Waals surface area (Å²) >= 11 is 1.32. The maximum absolute atomic E-state index is 12.1. The van der Waals surface area contributed by atoms with Crippen molar-refractivity contribution in [1.82, 2.24) is 25.1 Å². The maximum Gasteiger partial charge on any atom is 0.230 e. The number of hydrogen-bond donors (Lipinski definition) is 3. The highest BCUT2D eigenvalue weighted by Gasteiger charge is 2.12. The van der Waals surface area contributed by atoms with E-state index in [2.05, 4.69) is 26.6 Å². The van der Waals surface area contributed by atoms with Crippen molar-refractivity contribution >= 4 is 34.5 Å². The third-order valence-electron chi connectivity index (χ3n) is 4.24. The van der Waals surface area contributed by atoms with Crippen molar-refractivity contribution in [3.63, 3.8) is 0 Å². The van der Waals surface area contributed by atoms with Crippen LogP contribution in [0.25, 0.3) is 10.9 Å². The molecule has 0 atom stereocenters. The first-order valence-electron chi connectivity index (χ1n) is 8.65. The molecule has 0 radical (unpaired) electrons. The maximum atomic E-state index is 12.1. The van der Waals surface area contributed by atoms with Gasteiger partial charge in [-0.3, -0.25) is 9.59 Å². The number of rotatable bonds is 9. The van der Waals surface area contributed by atoms with Crippen LogP contribution in [0, 0.1) is 0 Å². The van der Waals surface area contributed by atoms with Gasteiger partial charge < -0.3 is 20.6 Å². The van der Waals surface area contributed by atoms with Crippen molar-refractivity contribution < 1.29 is 9.59 Å². The van der Waals surface area contributed by atoms with E-state index in [4.69, 9.17) is 5.73 Å². The molecule has 1 aromatic carbocycles. The van der Waals surface area contributed by atoms with Gasteiger partial charge in [-0.1, -0.05) is 30.0 Å². The fraction of sp³-hybridized carbons (Fsp3) is 0.333. The molecule has 0 spiro atoms. The molecule has 9 heteroatoms. The molecule has 8 nitrogen and oxygen atoms in total. The second-order valence-corrected chi connectivity index (χ2v) is 7.11. The van der Waals surface area contributed by atoms with Crippen molar-refractivity contribution in [2.24, 2.45) is 12.8 Å². The first kappa shape index (κ1) is 19.0. The second kappa shape index (κ2) is 8.72. The second-order valence-electron chi connectivity index (χ2n) is 6.17. The largest absolute Gasteiger partial charge is 0.370 e. The summed E-state index contributed by atoms with van der Waals surface area (Å²) in [5.74, 6) is 0.509. The molecular weight excluding hydrogens is 364 g/mol. The highest BCUT2D eigenvalue weighted by Crippen LogP contribution is 2.18. The number of thioether (sulfide) groups is 1. The number of hydrogen-bond acceptors (Lipinski definition) is 5. The van der Waals surface area contributed by atoms with Gasteiger partial charge in [-0.25, -0.2) is 0 Å². The predicted octanol–water partition coefficient (Wildman–Crippen LogP) is 1.17. The van der Waals surface area contributed by atoms with E-state index in [9.17, 15) is 9.59 Å². The molecule has 27 heavy (non-hydrogen) atoms. The number of para-hydroxylation sites is 1. The predicted molar refractivity (Wildman–Crippen MR) is 104 cm³/mol. The number of nitrogens with zero attached hydrogens (tertiary/aromatic N) is 3. The summed E-state index contributed by atoms with van der Waals surface area (Å²) in [4.78, 5) is 26.2. The van der Waals surface area contributed by atoms with Crippen LogP contribution in [0.15, 0.2) is 35.6 Å². The van der Waals surface area contributed by atoms with Gasteiger partial charge in [0, 0.05) is 43.5 Å². The van der Waals surface area contributed by atoms with E-state index in [1.807, 2.05) is 31.4 Å². The molecule has 0 aliphatic heterocycles. The quantitative estimate of drug-likeness (QED) is 0.477. The molecule has 3 aromatic rings. The van der Waals surface area contributed by atoms with Gasteiger partial charge in [-0.15, -0.1) is 10.2 Å². The van der Waals surface area contributed by atoms with Crippen LogP contribution in [0.4, 0.5) is 0 Å². The number of aromatic amines is 1. The van der Waals surface area contributed by atoms with Crippen molar-refractivity contribution in [1.29, 1.82) is 0 Å². The lowest BCUT2D eigenvalue weighted by molar-refractivity contribution is -0.119. The molecule has 0 fully saturated rings. The van der Waals surface area contributed by atoms with Crippen molar-refractivity contribution in [3.05, 3.63) is 41.9 Å². The number of carbonyl (C=O) groups is 2. The lowest BCUT2D eigenvalue weighted by Gasteiger charge is -2.05. The zero-order valence-corrected chi connectivity index (χ0v) is 15.9. The highest BCUT2D eigenvalue weighted by molar-refractivity contribution is 7.99. The summed E-state index contributed by atoms with van der Waals surface area (Å²) in [5.41, 5.74) is 7.44. The highest BCUT2D eigenvalue weighted by atomic mass is 32.2. The van der Waals surface area contributed by atoms with Gasteiger partial charge in [0.2, 0.25) is 11.8 Å². The Kier molecular flexibility index (Phi) is 6.12. The lowest BCUT2D eigenvalue weighted by atomic mass is 10.1. The Morgan fingerprint density at radius 1 is 1.26 bits per heavy atom. The molecule has 0 bridgehead atoms. The van der Waals surface area contributed by atoms with Crippen LogP contribution in [0.2, 0.25) is 0 Å². The van der Waals surface area contributed by atoms with Gasteiger partial charge in [0.05, 0.1) is 5.75 Å². The lowest BCUT2D eigenvalue weighted by Crippen LogP contribution is -2.27. The van der Waals surface area contributed by atoms with Crippen molar-refractivity contribution in [2.45, 2.75) is 24.4 Å². The number of nitrogens with one attached hydrogen (secondary N) is 2. The average molecular weight is 386 g/mol. The summed E-state index contributed by atoms with van der Waals surface area (Å²) in [6, 6.07) is 8.11. The van der Waals surface area contributed by atoms with Crippen LogP contribution in [0.3, 0.4) is 0 Å². The van der Waals surface area contributed by atoms with Gasteiger partial charge in [0.1, 0.15) is 5.82 Å². The van der Waals surface area contributed by atoms with Crippen molar-refractivity contribution in [3.8, 4) is 0 Å². The number of benzene rings is 1. The Labute approximate surface area is 160 Å². The van der Waals surface area contributed by atoms with Gasteiger partial charge in [0.25, 0.3) is 0 Å². The fourth-order valence-electron chi connectivity index (χ4n) is 2.78. The van der Waals surface area contributed by atoms with Crippen LogP contribution in [0.1, 0.15) is 17.8 Å². The van der Waals surface area contributed by atoms with Gasteiger partial charge in [0.15, 0.2) is 5.16 Å². The Morgan fingerprint density at radius 3 is 2.89 bits per heavy atom. The van der Waals surface area contributed by atoms with Crippen LogP contribution in [0.5, 0.6) is 0 Å². The van der Waals surface area contributed by atoms with E-state index in [0.29, 0.717) is 23.9 Å². The molecule has 3 rings (SSSR count). The number of carbonyl (C=O) groups excluding carboxylic acids is 2. The van der Waals surface area contributed by atoms with Gasteiger partial charge >= 0.3 is 0 Å². The molecule has 0 saturated heterocycles. The molecule has 0 unspecified atom stereocenters. The monoisotopic (exact) mass is 386 g/mol. The van der Waals surface area contributed by atoms with E-state index >= 15 is 0 Å². The minimum atomic E-state index is -0.373. The number of amides is 2. The summed E-state index contributed by atoms with van der Waals surface area (Å²) < 4.78 is 1.78. The van der Waals surface area contributed by atoms with Gasteiger partial charge in [-0.2, -0.15) is 0 Å². The van der Waals surface area contributed by atoms with E-state index in [1.165, 1.54) is 22.7 Å². The van der Waals surface area contributed by atoms with Gasteiger partial charge in [-0.05, 0) is 18.1 Å². The summed E-state index contributed by atoms with van der Waals surface area (Å²) in [6.07, 6.45) is 3.42. The first-order valence-corrected chi connectivity index (χ1v) is 9.64. The molecular formula is C18H22N6O2S. The minimum Gasteiger partial charge on any atom is -0.370 e. The summed E-state index contributed by atoms with van der Waals surface area (Å²) in [6.45, 7) is 0.573. The summed E-state index contributed by atoms with van der Waals surface area (Å²) in [7, 11) is 1.81. The third-order valence-corrected chi connectivity index (χ3v) is 5.26. The molecule has 0 aliphatic carbocycles. The number of H-pyrrole nitrogens is 1. The van der Waals surface area contributed by atoms with Crippen LogP contribution in [-0.4, -0.2) is 43.9 Å². The van der Waals surface area contributed by atoms with E-state index in [1.54, 1.807) is 4.57 Å². The first-order chi connectivity index (χ1) is 13.0. The Morgan fingerprint density at radius 2 is 2.07 bits per heavy atom. The van der Waals surface area contributed by atoms with Crippen molar-refractivity contribution in [2.75, 3.05) is 12.3 Å². The number of fused-ring (bicyclic) bond motifs is 1. The standard InChI is InChI=1S/C18H22N6O2S/c1-24-16(7-6-15(19)25)22-23-18(24)27-11-17(26)20-9-8-12-10-21-14-5-3-2-4-13(12)14/h2-5,10,21H,6-9,11H2,1H3,(H2,19,25)(H,20,26). The minimum absolute atomic E-state index is 0.0541.